The van der Waals surface area contributed by atoms with Crippen LogP contribution in [0.15, 0.2) is 0 Å². The van der Waals surface area contributed by atoms with Crippen LogP contribution in [-0.4, -0.2) is 54.7 Å². The Hall–Kier alpha value is -0.0600. The summed E-state index contributed by atoms with van der Waals surface area (Å²) in [6, 6.07) is 0. The number of esters is 2. The first kappa shape index (κ1) is 35.1. The smallest absolute Gasteiger partial charge is 0.306 e. The van der Waals surface area contributed by atoms with Gasteiger partial charge in [-0.15, -0.1) is 0 Å². The van der Waals surface area contributed by atoms with Crippen LogP contribution in [0.2, 0.25) is 0 Å². The van der Waals surface area contributed by atoms with Gasteiger partial charge in [0.05, 0.1) is 26.1 Å². The molecule has 1 radical (unpaired) electrons. The third-order valence-corrected chi connectivity index (χ3v) is 6.06. The first-order valence-electron chi connectivity index (χ1n) is 14.0. The molecule has 0 amide bonds. The Bertz CT molecular complexity index is 415. The molecule has 0 aromatic carbocycles. The van der Waals surface area contributed by atoms with Crippen molar-refractivity contribution >= 4 is 41.5 Å². The maximum Gasteiger partial charge on any atom is 0.306 e. The molecule has 0 fully saturated rings. The van der Waals surface area contributed by atoms with Crippen molar-refractivity contribution in [2.45, 2.75) is 155 Å². The summed E-state index contributed by atoms with van der Waals surface area (Å²) in [5.74, 6) is -0.563. The topological polar surface area (TPSA) is 52.6 Å². The monoisotopic (exact) mass is 477 g/mol. The van der Waals surface area contributed by atoms with E-state index in [1.807, 2.05) is 0 Å². The van der Waals surface area contributed by atoms with Gasteiger partial charge < -0.3 is 9.47 Å². The minimum atomic E-state index is -0.282. The van der Waals surface area contributed by atoms with E-state index in [4.69, 9.17) is 9.47 Å². The van der Waals surface area contributed by atoms with Crippen molar-refractivity contribution in [2.24, 2.45) is 0 Å². The molecule has 0 aliphatic heterocycles. The van der Waals surface area contributed by atoms with Crippen molar-refractivity contribution in [3.8, 4) is 0 Å². The number of carbonyl (C=O) groups excluding carboxylic acids is 2. The number of carbonyl (C=O) groups is 2. The van der Waals surface area contributed by atoms with Crippen LogP contribution in [0.5, 0.6) is 0 Å². The molecule has 0 saturated heterocycles. The van der Waals surface area contributed by atoms with E-state index in [2.05, 4.69) is 13.8 Å². The van der Waals surface area contributed by atoms with Gasteiger partial charge in [-0.1, -0.05) is 129 Å². The predicted molar refractivity (Wildman–Crippen MR) is 141 cm³/mol. The molecule has 4 nitrogen and oxygen atoms in total. The van der Waals surface area contributed by atoms with E-state index < -0.39 is 0 Å². The predicted octanol–water partition coefficient (Wildman–Crippen LogP) is 8.31. The fourth-order valence-electron chi connectivity index (χ4n) is 3.90. The number of unbranched alkanes of at least 4 members (excludes halogenated alkanes) is 18. The van der Waals surface area contributed by atoms with Crippen molar-refractivity contribution in [3.05, 3.63) is 0 Å². The van der Waals surface area contributed by atoms with Crippen molar-refractivity contribution in [1.29, 1.82) is 0 Å². The second-order valence-corrected chi connectivity index (χ2v) is 9.30. The Morgan fingerprint density at radius 2 is 0.667 bits per heavy atom. The molecule has 33 heavy (non-hydrogen) atoms. The molecular formula is C28H54NaO4. The van der Waals surface area contributed by atoms with E-state index in [0.29, 0.717) is 13.2 Å². The first-order chi connectivity index (χ1) is 15.7. The average molecular weight is 478 g/mol. The molecule has 0 aromatic rings. The molecule has 0 saturated carbocycles. The summed E-state index contributed by atoms with van der Waals surface area (Å²) in [5, 5.41) is 0. The Kier molecular flexibility index (Phi) is 31.9. The molecule has 0 heterocycles. The van der Waals surface area contributed by atoms with Crippen molar-refractivity contribution in [2.75, 3.05) is 13.2 Å². The maximum absolute atomic E-state index is 11.7. The van der Waals surface area contributed by atoms with Crippen LogP contribution in [0.4, 0.5) is 0 Å². The van der Waals surface area contributed by atoms with Gasteiger partial charge in [0, 0.05) is 29.6 Å². The van der Waals surface area contributed by atoms with Gasteiger partial charge in [-0.2, -0.15) is 0 Å². The minimum Gasteiger partial charge on any atom is -0.466 e. The largest absolute Gasteiger partial charge is 0.466 e. The Balaban J connectivity index is 0. The maximum atomic E-state index is 11.7. The number of hydrogen-bond donors (Lipinski definition) is 0. The molecule has 0 atom stereocenters. The van der Waals surface area contributed by atoms with Crippen LogP contribution in [0.1, 0.15) is 155 Å². The standard InChI is InChI=1S/C28H54O4.Na/c1-3-5-7-9-11-13-14-15-16-18-20-22-26-32-28(30)24-23-27(29)31-25-21-19-17-12-10-8-6-4-2;/h3-26H2,1-2H3;. The van der Waals surface area contributed by atoms with Gasteiger partial charge in [0.1, 0.15) is 0 Å². The Morgan fingerprint density at radius 3 is 0.939 bits per heavy atom. The average Bonchev–Trinajstić information content (AvgIpc) is 2.79. The molecule has 0 aliphatic rings. The summed E-state index contributed by atoms with van der Waals surface area (Å²) in [6.07, 6.45) is 25.6. The summed E-state index contributed by atoms with van der Waals surface area (Å²) in [6.45, 7) is 5.44. The minimum absolute atomic E-state index is 0. The second kappa shape index (κ2) is 30.0. The summed E-state index contributed by atoms with van der Waals surface area (Å²) < 4.78 is 10.4. The fraction of sp³-hybridized carbons (Fsp3) is 0.929. The quantitative estimate of drug-likeness (QED) is 0.0753. The molecular weight excluding hydrogens is 423 g/mol. The fourth-order valence-corrected chi connectivity index (χ4v) is 3.90. The third kappa shape index (κ3) is 29.9. The van der Waals surface area contributed by atoms with Gasteiger partial charge in [-0.25, -0.2) is 0 Å². The molecule has 0 unspecified atom stereocenters. The number of ether oxygens (including phenoxy) is 2. The molecule has 0 rings (SSSR count). The van der Waals surface area contributed by atoms with Gasteiger partial charge >= 0.3 is 11.9 Å². The van der Waals surface area contributed by atoms with Crippen LogP contribution >= 0.6 is 0 Å². The number of hydrogen-bond acceptors (Lipinski definition) is 4. The van der Waals surface area contributed by atoms with E-state index in [1.165, 1.54) is 103 Å². The van der Waals surface area contributed by atoms with Crippen LogP contribution in [-0.2, 0) is 19.1 Å². The first-order valence-corrected chi connectivity index (χ1v) is 14.0. The third-order valence-electron chi connectivity index (χ3n) is 6.06. The molecule has 0 N–H and O–H groups in total. The normalized spacial score (nSPS) is 10.6. The molecule has 0 aliphatic carbocycles. The van der Waals surface area contributed by atoms with Gasteiger partial charge in [-0.05, 0) is 12.8 Å². The van der Waals surface area contributed by atoms with Gasteiger partial charge in [-0.3, -0.25) is 9.59 Å². The van der Waals surface area contributed by atoms with Crippen molar-refractivity contribution in [1.82, 2.24) is 0 Å². The van der Waals surface area contributed by atoms with Crippen LogP contribution in [0.3, 0.4) is 0 Å². The molecule has 5 heteroatoms. The molecule has 0 aromatic heterocycles. The van der Waals surface area contributed by atoms with Crippen molar-refractivity contribution in [3.63, 3.8) is 0 Å². The second-order valence-electron chi connectivity index (χ2n) is 9.30. The van der Waals surface area contributed by atoms with Crippen LogP contribution in [0, 0.1) is 0 Å². The van der Waals surface area contributed by atoms with Crippen LogP contribution < -0.4 is 0 Å². The van der Waals surface area contributed by atoms with E-state index >= 15 is 0 Å². The molecule has 191 valence electrons. The van der Waals surface area contributed by atoms with E-state index in [1.54, 1.807) is 0 Å². The van der Waals surface area contributed by atoms with E-state index in [9.17, 15) is 9.59 Å². The van der Waals surface area contributed by atoms with Crippen molar-refractivity contribution < 1.29 is 19.1 Å². The number of rotatable bonds is 25. The van der Waals surface area contributed by atoms with Crippen LogP contribution in [0.25, 0.3) is 0 Å². The molecule has 0 spiro atoms. The molecule has 0 bridgehead atoms. The Labute approximate surface area is 228 Å². The van der Waals surface area contributed by atoms with Gasteiger partial charge in [0.25, 0.3) is 0 Å². The van der Waals surface area contributed by atoms with Gasteiger partial charge in [0.15, 0.2) is 0 Å². The summed E-state index contributed by atoms with van der Waals surface area (Å²) in [7, 11) is 0. The zero-order valence-electron chi connectivity index (χ0n) is 22.6. The Morgan fingerprint density at radius 1 is 0.424 bits per heavy atom. The summed E-state index contributed by atoms with van der Waals surface area (Å²) >= 11 is 0. The zero-order valence-corrected chi connectivity index (χ0v) is 24.6. The van der Waals surface area contributed by atoms with E-state index in [-0.39, 0.29) is 54.3 Å². The van der Waals surface area contributed by atoms with Gasteiger partial charge in [0.2, 0.25) is 0 Å². The summed E-state index contributed by atoms with van der Waals surface area (Å²) in [5.41, 5.74) is 0. The summed E-state index contributed by atoms with van der Waals surface area (Å²) in [4.78, 5) is 23.5. The van der Waals surface area contributed by atoms with E-state index in [0.717, 1.165) is 25.7 Å². The SMILES string of the molecule is CCCCCCCCCCCCCCOC(=O)CCC(=O)OCCCCCCCCCC.[Na]. The zero-order chi connectivity index (χ0) is 23.5.